The summed E-state index contributed by atoms with van der Waals surface area (Å²) in [6.45, 7) is 0. The second kappa shape index (κ2) is 4.89. The molecule has 1 aromatic carbocycles. The Morgan fingerprint density at radius 1 is 1.35 bits per heavy atom. The first-order valence-corrected chi connectivity index (χ1v) is 6.46. The standard InChI is InChI=1S/C12H10BrNO2S/c1-16-9-6-7(14)2-3-8(9)12(15)10-4-5-11(13)17-10/h2-6H,14H2,1H3. The number of benzene rings is 1. The van der Waals surface area contributed by atoms with Crippen molar-refractivity contribution < 1.29 is 9.53 Å². The second-order valence-electron chi connectivity index (χ2n) is 3.39. The lowest BCUT2D eigenvalue weighted by atomic mass is 10.1. The molecule has 0 aliphatic carbocycles. The first-order valence-electron chi connectivity index (χ1n) is 4.85. The number of hydrogen-bond acceptors (Lipinski definition) is 4. The Labute approximate surface area is 111 Å². The molecule has 0 spiro atoms. The van der Waals surface area contributed by atoms with E-state index < -0.39 is 0 Å². The van der Waals surface area contributed by atoms with Gasteiger partial charge in [0.05, 0.1) is 21.3 Å². The Kier molecular flexibility index (Phi) is 3.49. The molecule has 5 heteroatoms. The van der Waals surface area contributed by atoms with E-state index in [-0.39, 0.29) is 5.78 Å². The molecule has 0 atom stereocenters. The van der Waals surface area contributed by atoms with Crippen molar-refractivity contribution in [2.45, 2.75) is 0 Å². The van der Waals surface area contributed by atoms with Crippen molar-refractivity contribution in [2.75, 3.05) is 12.8 Å². The van der Waals surface area contributed by atoms with Crippen LogP contribution in [0.25, 0.3) is 0 Å². The number of carbonyl (C=O) groups is 1. The Bertz CT molecular complexity index is 565. The molecule has 0 fully saturated rings. The highest BCUT2D eigenvalue weighted by Crippen LogP contribution is 2.28. The minimum absolute atomic E-state index is 0.0578. The van der Waals surface area contributed by atoms with Crippen molar-refractivity contribution in [1.82, 2.24) is 0 Å². The van der Waals surface area contributed by atoms with Crippen LogP contribution in [0.4, 0.5) is 5.69 Å². The number of ether oxygens (including phenoxy) is 1. The molecule has 0 aliphatic heterocycles. The fourth-order valence-electron chi connectivity index (χ4n) is 1.46. The van der Waals surface area contributed by atoms with Crippen molar-refractivity contribution in [1.29, 1.82) is 0 Å². The van der Waals surface area contributed by atoms with Crippen molar-refractivity contribution in [3.63, 3.8) is 0 Å². The molecule has 3 nitrogen and oxygen atoms in total. The molecule has 2 rings (SSSR count). The predicted octanol–water partition coefficient (Wildman–Crippen LogP) is 3.33. The van der Waals surface area contributed by atoms with Crippen molar-refractivity contribution in [3.8, 4) is 5.75 Å². The third-order valence-electron chi connectivity index (χ3n) is 2.27. The Hall–Kier alpha value is -1.33. The van der Waals surface area contributed by atoms with Gasteiger partial charge in [0.25, 0.3) is 0 Å². The molecular weight excluding hydrogens is 302 g/mol. The van der Waals surface area contributed by atoms with Crippen LogP contribution in [0, 0.1) is 0 Å². The normalized spacial score (nSPS) is 10.2. The molecule has 88 valence electrons. The Morgan fingerprint density at radius 3 is 2.71 bits per heavy atom. The summed E-state index contributed by atoms with van der Waals surface area (Å²) in [5.74, 6) is 0.442. The van der Waals surface area contributed by atoms with Crippen LogP contribution in [-0.2, 0) is 0 Å². The van der Waals surface area contributed by atoms with E-state index in [1.165, 1.54) is 18.4 Å². The van der Waals surface area contributed by atoms with E-state index in [2.05, 4.69) is 15.9 Å². The van der Waals surface area contributed by atoms with Gasteiger partial charge in [0.15, 0.2) is 0 Å². The van der Waals surface area contributed by atoms with Crippen molar-refractivity contribution in [2.24, 2.45) is 0 Å². The molecule has 0 radical (unpaired) electrons. The van der Waals surface area contributed by atoms with Crippen LogP contribution < -0.4 is 10.5 Å². The topological polar surface area (TPSA) is 52.3 Å². The smallest absolute Gasteiger partial charge is 0.206 e. The summed E-state index contributed by atoms with van der Waals surface area (Å²) < 4.78 is 6.09. The zero-order valence-electron chi connectivity index (χ0n) is 9.07. The zero-order chi connectivity index (χ0) is 12.4. The van der Waals surface area contributed by atoms with Gasteiger partial charge in [0.2, 0.25) is 5.78 Å². The number of anilines is 1. The first-order chi connectivity index (χ1) is 8.11. The van der Waals surface area contributed by atoms with Crippen LogP contribution >= 0.6 is 27.3 Å². The minimum atomic E-state index is -0.0578. The lowest BCUT2D eigenvalue weighted by Crippen LogP contribution is -2.02. The highest BCUT2D eigenvalue weighted by Gasteiger charge is 2.16. The monoisotopic (exact) mass is 311 g/mol. The number of halogens is 1. The molecule has 17 heavy (non-hydrogen) atoms. The van der Waals surface area contributed by atoms with Gasteiger partial charge in [-0.25, -0.2) is 0 Å². The first kappa shape index (κ1) is 12.1. The van der Waals surface area contributed by atoms with Gasteiger partial charge in [-0.1, -0.05) is 0 Å². The number of thiophene rings is 1. The Morgan fingerprint density at radius 2 is 2.12 bits per heavy atom. The van der Waals surface area contributed by atoms with E-state index in [0.29, 0.717) is 21.9 Å². The average Bonchev–Trinajstić information content (AvgIpc) is 2.75. The molecule has 2 N–H and O–H groups in total. The van der Waals surface area contributed by atoms with Crippen LogP contribution in [0.15, 0.2) is 34.1 Å². The van der Waals surface area contributed by atoms with Gasteiger partial charge in [-0.3, -0.25) is 4.79 Å². The number of rotatable bonds is 3. The molecule has 1 heterocycles. The lowest BCUT2D eigenvalue weighted by molar-refractivity contribution is 0.103. The molecule has 2 aromatic rings. The molecular formula is C12H10BrNO2S. The molecule has 1 aromatic heterocycles. The third-order valence-corrected chi connectivity index (χ3v) is 3.89. The molecule has 0 bridgehead atoms. The molecule has 0 amide bonds. The Balaban J connectivity index is 2.43. The van der Waals surface area contributed by atoms with Crippen LogP contribution in [0.1, 0.15) is 15.2 Å². The number of ketones is 1. The maximum Gasteiger partial charge on any atom is 0.206 e. The van der Waals surface area contributed by atoms with Crippen molar-refractivity contribution >= 4 is 38.7 Å². The van der Waals surface area contributed by atoms with Gasteiger partial charge < -0.3 is 10.5 Å². The highest BCUT2D eigenvalue weighted by molar-refractivity contribution is 9.11. The highest BCUT2D eigenvalue weighted by atomic mass is 79.9. The van der Waals surface area contributed by atoms with Crippen LogP contribution in [-0.4, -0.2) is 12.9 Å². The van der Waals surface area contributed by atoms with Gasteiger partial charge in [-0.2, -0.15) is 0 Å². The maximum atomic E-state index is 12.2. The van der Waals surface area contributed by atoms with E-state index >= 15 is 0 Å². The maximum absolute atomic E-state index is 12.2. The summed E-state index contributed by atoms with van der Waals surface area (Å²) in [7, 11) is 1.52. The van der Waals surface area contributed by atoms with E-state index in [1.807, 2.05) is 6.07 Å². The van der Waals surface area contributed by atoms with Crippen molar-refractivity contribution in [3.05, 3.63) is 44.6 Å². The quantitative estimate of drug-likeness (QED) is 0.698. The SMILES string of the molecule is COc1cc(N)ccc1C(=O)c1ccc(Br)s1. The van der Waals surface area contributed by atoms with Gasteiger partial charge in [0.1, 0.15) is 5.75 Å². The van der Waals surface area contributed by atoms with E-state index in [9.17, 15) is 4.79 Å². The van der Waals surface area contributed by atoms with Gasteiger partial charge in [0, 0.05) is 11.8 Å². The number of carbonyl (C=O) groups excluding carboxylic acids is 1. The summed E-state index contributed by atoms with van der Waals surface area (Å²) in [5.41, 5.74) is 6.75. The molecule has 0 saturated heterocycles. The van der Waals surface area contributed by atoms with Crippen LogP contribution in [0.2, 0.25) is 0 Å². The number of methoxy groups -OCH3 is 1. The van der Waals surface area contributed by atoms with Gasteiger partial charge in [-0.05, 0) is 40.2 Å². The predicted molar refractivity (Wildman–Crippen MR) is 72.9 cm³/mol. The third kappa shape index (κ3) is 2.50. The summed E-state index contributed by atoms with van der Waals surface area (Å²) in [4.78, 5) is 12.9. The summed E-state index contributed by atoms with van der Waals surface area (Å²) in [6, 6.07) is 8.66. The summed E-state index contributed by atoms with van der Waals surface area (Å²) in [5, 5.41) is 0. The van der Waals surface area contributed by atoms with E-state index in [0.717, 1.165) is 3.79 Å². The average molecular weight is 312 g/mol. The largest absolute Gasteiger partial charge is 0.496 e. The van der Waals surface area contributed by atoms with E-state index in [1.54, 1.807) is 24.3 Å². The zero-order valence-corrected chi connectivity index (χ0v) is 11.5. The number of hydrogen-bond donors (Lipinski definition) is 1. The number of nitrogen functional groups attached to an aromatic ring is 1. The van der Waals surface area contributed by atoms with Crippen LogP contribution in [0.3, 0.4) is 0 Å². The fraction of sp³-hybridized carbons (Fsp3) is 0.0833. The van der Waals surface area contributed by atoms with Gasteiger partial charge >= 0.3 is 0 Å². The minimum Gasteiger partial charge on any atom is -0.496 e. The summed E-state index contributed by atoms with van der Waals surface area (Å²) in [6.07, 6.45) is 0. The van der Waals surface area contributed by atoms with Gasteiger partial charge in [-0.15, -0.1) is 11.3 Å². The number of nitrogens with two attached hydrogens (primary N) is 1. The molecule has 0 unspecified atom stereocenters. The van der Waals surface area contributed by atoms with E-state index in [4.69, 9.17) is 10.5 Å². The molecule has 0 aliphatic rings. The summed E-state index contributed by atoms with van der Waals surface area (Å²) >= 11 is 4.73. The van der Waals surface area contributed by atoms with Crippen LogP contribution in [0.5, 0.6) is 5.75 Å². The fourth-order valence-corrected chi connectivity index (χ4v) is 2.80. The molecule has 0 saturated carbocycles. The lowest BCUT2D eigenvalue weighted by Gasteiger charge is -2.07. The second-order valence-corrected chi connectivity index (χ2v) is 5.86.